The van der Waals surface area contributed by atoms with Crippen molar-refractivity contribution in [2.24, 2.45) is 18.9 Å². The Kier molecular flexibility index (Phi) is 9.10. The number of alkyl halides is 6. The molecule has 5 rings (SSSR count). The third-order valence-corrected chi connectivity index (χ3v) is 8.98. The fraction of sp³-hybridized carbons (Fsp3) is 0.531. The van der Waals surface area contributed by atoms with Crippen molar-refractivity contribution in [1.29, 1.82) is 0 Å². The lowest BCUT2D eigenvalue weighted by Gasteiger charge is -2.36. The molecule has 2 aromatic carbocycles. The molecule has 0 unspecified atom stereocenters. The fourth-order valence-corrected chi connectivity index (χ4v) is 6.93. The zero-order valence-electron chi connectivity index (χ0n) is 25.6. The molecule has 1 fully saturated rings. The summed E-state index contributed by atoms with van der Waals surface area (Å²) < 4.78 is 82.5. The van der Waals surface area contributed by atoms with Gasteiger partial charge in [-0.1, -0.05) is 29.4 Å². The second kappa shape index (κ2) is 12.6. The van der Waals surface area contributed by atoms with Crippen LogP contribution in [0.4, 0.5) is 38.0 Å². The van der Waals surface area contributed by atoms with Crippen LogP contribution in [0.1, 0.15) is 77.9 Å². The van der Waals surface area contributed by atoms with Crippen molar-refractivity contribution in [2.75, 3.05) is 22.9 Å². The second-order valence-electron chi connectivity index (χ2n) is 12.5. The van der Waals surface area contributed by atoms with Gasteiger partial charge in [0.25, 0.3) is 5.95 Å². The summed E-state index contributed by atoms with van der Waals surface area (Å²) in [5, 5.41) is 22.3. The van der Waals surface area contributed by atoms with E-state index in [1.165, 1.54) is 4.80 Å². The molecule has 3 aromatic rings. The number of rotatable bonds is 7. The molecule has 2 heterocycles. The molecular weight excluding hydrogens is 598 g/mol. The molecule has 0 bridgehead atoms. The molecule has 1 atom stereocenters. The van der Waals surface area contributed by atoms with Crippen LogP contribution in [-0.4, -0.2) is 38.4 Å². The van der Waals surface area contributed by atoms with Gasteiger partial charge in [0.05, 0.1) is 30.0 Å². The quantitative estimate of drug-likeness (QED) is 0.209. The zero-order chi connectivity index (χ0) is 32.7. The summed E-state index contributed by atoms with van der Waals surface area (Å²) in [4.78, 5) is 5.28. The van der Waals surface area contributed by atoms with E-state index in [0.29, 0.717) is 12.3 Å². The predicted octanol–water partition coefficient (Wildman–Crippen LogP) is 8.09. The summed E-state index contributed by atoms with van der Waals surface area (Å²) in [6.45, 7) is 8.96. The van der Waals surface area contributed by atoms with Gasteiger partial charge in [0, 0.05) is 31.2 Å². The van der Waals surface area contributed by atoms with Crippen molar-refractivity contribution < 1.29 is 31.4 Å². The number of aliphatic hydroxyl groups is 1. The van der Waals surface area contributed by atoms with Crippen LogP contribution >= 0.6 is 0 Å². The molecule has 1 aliphatic carbocycles. The van der Waals surface area contributed by atoms with Gasteiger partial charge in [-0.25, -0.2) is 0 Å². The minimum atomic E-state index is -4.96. The van der Waals surface area contributed by atoms with Crippen LogP contribution in [0.15, 0.2) is 42.7 Å². The lowest BCUT2D eigenvalue weighted by molar-refractivity contribution is -0.143. The SMILES string of the molecule is C=C(O)[C@H]1CC[C@H](CN2CCC[C@H](N(Cc3cc(C(F)(F)F)cc(C(F)(F)F)c3)c3nnn(C)n3)c3cc(C)cc(C)c32)CC1. The summed E-state index contributed by atoms with van der Waals surface area (Å²) in [5.74, 6) is 0.890. The van der Waals surface area contributed by atoms with Gasteiger partial charge in [-0.2, -0.15) is 31.1 Å². The van der Waals surface area contributed by atoms with Crippen molar-refractivity contribution >= 4 is 11.6 Å². The van der Waals surface area contributed by atoms with E-state index in [9.17, 15) is 31.4 Å². The first-order chi connectivity index (χ1) is 21.1. The molecule has 0 amide bonds. The number of nitrogens with zero attached hydrogens (tertiary/aromatic N) is 6. The summed E-state index contributed by atoms with van der Waals surface area (Å²) in [6.07, 6.45) is -4.95. The van der Waals surface area contributed by atoms with Gasteiger partial charge in [-0.15, -0.1) is 5.10 Å². The summed E-state index contributed by atoms with van der Waals surface area (Å²) in [6, 6.07) is 5.38. The molecule has 13 heteroatoms. The molecule has 0 spiro atoms. The predicted molar refractivity (Wildman–Crippen MR) is 159 cm³/mol. The standard InChI is InChI=1S/C32H38F6N6O/c1-19-12-20(2)29-27(13-19)28(6-5-11-43(29)17-22-7-9-24(10-8-22)21(3)45)44(30-39-41-42(4)40-30)18-23-14-25(31(33,34)35)16-26(15-23)32(36,37)38/h12-16,22,24,28,45H,3,5-11,17-18H2,1-2,4H3/t22-,24-,28-/m0/s1. The van der Waals surface area contributed by atoms with Crippen molar-refractivity contribution in [3.8, 4) is 0 Å². The molecule has 0 saturated heterocycles. The van der Waals surface area contributed by atoms with Crippen molar-refractivity contribution in [3.05, 3.63) is 76.1 Å². The summed E-state index contributed by atoms with van der Waals surface area (Å²) in [5.41, 5.74) is 1.10. The lowest BCUT2D eigenvalue weighted by Crippen LogP contribution is -2.33. The number of aliphatic hydroxyl groups excluding tert-OH is 1. The Morgan fingerprint density at radius 1 is 0.956 bits per heavy atom. The number of tetrazole rings is 1. The Hall–Kier alpha value is -3.77. The van der Waals surface area contributed by atoms with E-state index >= 15 is 0 Å². The van der Waals surface area contributed by atoms with Crippen LogP contribution in [0.25, 0.3) is 0 Å². The Labute approximate surface area is 258 Å². The number of halogens is 6. The smallest absolute Gasteiger partial charge is 0.416 e. The van der Waals surface area contributed by atoms with Gasteiger partial charge in [0.2, 0.25) is 0 Å². The van der Waals surface area contributed by atoms with Crippen LogP contribution in [0.2, 0.25) is 0 Å². The van der Waals surface area contributed by atoms with Gasteiger partial charge >= 0.3 is 12.4 Å². The zero-order valence-corrected chi connectivity index (χ0v) is 25.6. The number of aromatic nitrogens is 4. The molecule has 1 saturated carbocycles. The maximum absolute atomic E-state index is 13.7. The molecule has 1 aliphatic heterocycles. The Morgan fingerprint density at radius 2 is 1.60 bits per heavy atom. The number of hydrogen-bond acceptors (Lipinski definition) is 6. The van der Waals surface area contributed by atoms with E-state index in [4.69, 9.17) is 0 Å². The van der Waals surface area contributed by atoms with Crippen LogP contribution in [0.5, 0.6) is 0 Å². The first-order valence-electron chi connectivity index (χ1n) is 15.1. The third-order valence-electron chi connectivity index (χ3n) is 8.98. The molecule has 2 aliphatic rings. The number of aryl methyl sites for hydroxylation is 3. The molecule has 244 valence electrons. The van der Waals surface area contributed by atoms with Crippen LogP contribution in [-0.2, 0) is 25.9 Å². The normalized spacial score (nSPS) is 20.9. The van der Waals surface area contributed by atoms with E-state index in [1.54, 1.807) is 11.9 Å². The monoisotopic (exact) mass is 636 g/mol. The van der Waals surface area contributed by atoms with Crippen LogP contribution < -0.4 is 9.80 Å². The average Bonchev–Trinajstić information content (AvgIpc) is 3.30. The van der Waals surface area contributed by atoms with E-state index in [1.807, 2.05) is 13.8 Å². The summed E-state index contributed by atoms with van der Waals surface area (Å²) in [7, 11) is 1.55. The average molecular weight is 637 g/mol. The highest BCUT2D eigenvalue weighted by molar-refractivity contribution is 5.64. The molecule has 0 radical (unpaired) electrons. The second-order valence-corrected chi connectivity index (χ2v) is 12.5. The van der Waals surface area contributed by atoms with Gasteiger partial charge in [0.1, 0.15) is 0 Å². The Bertz CT molecular complexity index is 1490. The molecule has 45 heavy (non-hydrogen) atoms. The third kappa shape index (κ3) is 7.38. The molecule has 1 N–H and O–H groups in total. The Balaban J connectivity index is 1.55. The number of benzene rings is 2. The molecule has 1 aromatic heterocycles. The highest BCUT2D eigenvalue weighted by Crippen LogP contribution is 2.43. The van der Waals surface area contributed by atoms with Crippen LogP contribution in [0.3, 0.4) is 0 Å². The minimum absolute atomic E-state index is 0.119. The van der Waals surface area contributed by atoms with Gasteiger partial charge in [-0.05, 0) is 98.4 Å². The van der Waals surface area contributed by atoms with Crippen molar-refractivity contribution in [1.82, 2.24) is 20.2 Å². The number of fused-ring (bicyclic) bond motifs is 1. The van der Waals surface area contributed by atoms with E-state index in [2.05, 4.69) is 39.0 Å². The highest BCUT2D eigenvalue weighted by atomic mass is 19.4. The van der Waals surface area contributed by atoms with E-state index < -0.39 is 29.5 Å². The first-order valence-corrected chi connectivity index (χ1v) is 15.1. The largest absolute Gasteiger partial charge is 0.513 e. The molecular formula is C32H38F6N6O. The first kappa shape index (κ1) is 32.6. The topological polar surface area (TPSA) is 70.3 Å². The number of allylic oxidation sites excluding steroid dienone is 1. The maximum atomic E-state index is 13.7. The minimum Gasteiger partial charge on any atom is -0.513 e. The number of hydrogen-bond donors (Lipinski definition) is 1. The van der Waals surface area contributed by atoms with Crippen molar-refractivity contribution in [3.63, 3.8) is 0 Å². The van der Waals surface area contributed by atoms with Crippen molar-refractivity contribution in [2.45, 2.75) is 77.3 Å². The van der Waals surface area contributed by atoms with Gasteiger partial charge in [0.15, 0.2) is 0 Å². The fourth-order valence-electron chi connectivity index (χ4n) is 6.93. The van der Waals surface area contributed by atoms with Gasteiger partial charge in [-0.3, -0.25) is 0 Å². The van der Waals surface area contributed by atoms with E-state index in [-0.39, 0.29) is 35.8 Å². The van der Waals surface area contributed by atoms with E-state index in [0.717, 1.165) is 79.7 Å². The summed E-state index contributed by atoms with van der Waals surface area (Å²) >= 11 is 0. The van der Waals surface area contributed by atoms with Crippen LogP contribution in [0, 0.1) is 25.7 Å². The number of anilines is 2. The molecule has 7 nitrogen and oxygen atoms in total. The Morgan fingerprint density at radius 3 is 2.16 bits per heavy atom. The highest BCUT2D eigenvalue weighted by Gasteiger charge is 2.38. The van der Waals surface area contributed by atoms with Gasteiger partial charge < -0.3 is 14.9 Å². The maximum Gasteiger partial charge on any atom is 0.416 e. The lowest BCUT2D eigenvalue weighted by atomic mass is 9.81.